The normalized spacial score (nSPS) is 12.5. The molecule has 1 atom stereocenters. The summed E-state index contributed by atoms with van der Waals surface area (Å²) in [6, 6.07) is 12.1. The number of aryl methyl sites for hydroxylation is 2. The van der Waals surface area contributed by atoms with E-state index in [1.165, 1.54) is 18.5 Å². The van der Waals surface area contributed by atoms with Crippen molar-refractivity contribution >= 4 is 5.78 Å². The Morgan fingerprint density at radius 2 is 1.74 bits per heavy atom. The molecule has 0 aliphatic rings. The zero-order chi connectivity index (χ0) is 25.3. The average molecular weight is 482 g/mol. The van der Waals surface area contributed by atoms with Gasteiger partial charge in [0.15, 0.2) is 17.9 Å². The van der Waals surface area contributed by atoms with Crippen molar-refractivity contribution in [2.45, 2.75) is 39.3 Å². The molecule has 0 aliphatic heterocycles. The Kier molecular flexibility index (Phi) is 6.56. The fraction of sp³-hybridized carbons (Fsp3) is 0.222. The summed E-state index contributed by atoms with van der Waals surface area (Å²) < 4.78 is 58.7. The number of alkyl halides is 3. The fourth-order valence-corrected chi connectivity index (χ4v) is 3.89. The van der Waals surface area contributed by atoms with Crippen molar-refractivity contribution in [1.82, 2.24) is 9.97 Å². The first-order chi connectivity index (χ1) is 16.5. The molecule has 0 aliphatic carbocycles. The van der Waals surface area contributed by atoms with E-state index in [2.05, 4.69) is 9.97 Å². The highest BCUT2D eigenvalue weighted by atomic mass is 19.4. The summed E-state index contributed by atoms with van der Waals surface area (Å²) in [5, 5.41) is 0. The van der Waals surface area contributed by atoms with Crippen LogP contribution in [-0.4, -0.2) is 15.8 Å². The summed E-state index contributed by atoms with van der Waals surface area (Å²) in [5.74, 6) is -0.579. The summed E-state index contributed by atoms with van der Waals surface area (Å²) in [5.41, 5.74) is 2.66. The van der Waals surface area contributed by atoms with Crippen molar-refractivity contribution in [3.63, 3.8) is 0 Å². The quantitative estimate of drug-likeness (QED) is 0.210. The Hall–Kier alpha value is -3.81. The number of ketones is 1. The Morgan fingerprint density at radius 3 is 2.34 bits per heavy atom. The van der Waals surface area contributed by atoms with Crippen LogP contribution < -0.4 is 0 Å². The Balaban J connectivity index is 1.68. The summed E-state index contributed by atoms with van der Waals surface area (Å²) in [6.07, 6.45) is -2.06. The van der Waals surface area contributed by atoms with Gasteiger partial charge in [-0.25, -0.2) is 9.37 Å². The highest BCUT2D eigenvalue weighted by Crippen LogP contribution is 2.33. The third-order valence-corrected chi connectivity index (χ3v) is 5.84. The van der Waals surface area contributed by atoms with Crippen molar-refractivity contribution in [2.24, 2.45) is 0 Å². The van der Waals surface area contributed by atoms with Crippen molar-refractivity contribution in [2.75, 3.05) is 0 Å². The number of halogens is 4. The minimum absolute atomic E-state index is 0.0295. The summed E-state index contributed by atoms with van der Waals surface area (Å²) in [6.45, 7) is 5.29. The Bertz CT molecular complexity index is 1370. The Morgan fingerprint density at radius 1 is 1.00 bits per heavy atom. The number of pyridine rings is 1. The van der Waals surface area contributed by atoms with Crippen molar-refractivity contribution in [3.05, 3.63) is 95.0 Å². The number of oxazole rings is 1. The first-order valence-corrected chi connectivity index (χ1v) is 10.9. The molecule has 4 nitrogen and oxygen atoms in total. The third-order valence-electron chi connectivity index (χ3n) is 5.84. The lowest BCUT2D eigenvalue weighted by Gasteiger charge is -2.14. The minimum atomic E-state index is -4.53. The molecular formula is C27H22F4N2O2. The molecule has 4 rings (SSSR count). The molecule has 0 amide bonds. The first-order valence-electron chi connectivity index (χ1n) is 10.9. The summed E-state index contributed by atoms with van der Waals surface area (Å²) in [4.78, 5) is 20.8. The number of benzene rings is 2. The first kappa shape index (κ1) is 24.3. The van der Waals surface area contributed by atoms with Gasteiger partial charge in [-0.1, -0.05) is 25.1 Å². The third kappa shape index (κ3) is 5.31. The molecule has 0 saturated heterocycles. The number of aromatic nitrogens is 2. The van der Waals surface area contributed by atoms with Crippen molar-refractivity contribution in [3.8, 4) is 22.5 Å². The topological polar surface area (TPSA) is 56.0 Å². The van der Waals surface area contributed by atoms with Crippen LogP contribution in [0.25, 0.3) is 22.5 Å². The van der Waals surface area contributed by atoms with Crippen molar-refractivity contribution < 1.29 is 26.8 Å². The van der Waals surface area contributed by atoms with Crippen LogP contribution in [0.4, 0.5) is 17.6 Å². The van der Waals surface area contributed by atoms with E-state index >= 15 is 0 Å². The van der Waals surface area contributed by atoms with E-state index in [-0.39, 0.29) is 18.1 Å². The van der Waals surface area contributed by atoms with Gasteiger partial charge in [-0.2, -0.15) is 13.2 Å². The van der Waals surface area contributed by atoms with Gasteiger partial charge in [0.1, 0.15) is 11.5 Å². The fourth-order valence-electron chi connectivity index (χ4n) is 3.89. The predicted molar refractivity (Wildman–Crippen MR) is 123 cm³/mol. The highest BCUT2D eigenvalue weighted by Gasteiger charge is 2.32. The molecule has 0 spiro atoms. The van der Waals surface area contributed by atoms with Gasteiger partial charge in [0.05, 0.1) is 5.69 Å². The maximum Gasteiger partial charge on any atom is 0.433 e. The minimum Gasteiger partial charge on any atom is -0.443 e. The maximum absolute atomic E-state index is 14.8. The van der Waals surface area contributed by atoms with Crippen LogP contribution in [0.1, 0.15) is 52.1 Å². The maximum atomic E-state index is 14.8. The molecule has 8 heteroatoms. The van der Waals surface area contributed by atoms with Gasteiger partial charge in [-0.15, -0.1) is 0 Å². The van der Waals surface area contributed by atoms with Crippen LogP contribution in [0.15, 0.2) is 65.5 Å². The monoisotopic (exact) mass is 482 g/mol. The number of nitrogens with zero attached hydrogens (tertiary/aromatic N) is 2. The lowest BCUT2D eigenvalue weighted by atomic mass is 9.91. The Labute approximate surface area is 199 Å². The number of hydrogen-bond donors (Lipinski definition) is 0. The molecule has 0 N–H and O–H groups in total. The molecule has 0 fully saturated rings. The van der Waals surface area contributed by atoms with E-state index in [4.69, 9.17) is 4.42 Å². The second-order valence-electron chi connectivity index (χ2n) is 8.55. The zero-order valence-corrected chi connectivity index (χ0v) is 19.3. The van der Waals surface area contributed by atoms with E-state index < -0.39 is 17.7 Å². The molecular weight excluding hydrogens is 460 g/mol. The summed E-state index contributed by atoms with van der Waals surface area (Å²) >= 11 is 0. The second-order valence-corrected chi connectivity index (χ2v) is 8.55. The summed E-state index contributed by atoms with van der Waals surface area (Å²) in [7, 11) is 0. The van der Waals surface area contributed by atoms with Crippen LogP contribution in [0, 0.1) is 19.7 Å². The van der Waals surface area contributed by atoms with Crippen LogP contribution in [-0.2, 0) is 6.18 Å². The predicted octanol–water partition coefficient (Wildman–Crippen LogP) is 7.55. The number of Topliss-reactive ketones (excluding diaryl/α,β-unsaturated/α-hetero) is 1. The van der Waals surface area contributed by atoms with Crippen LogP contribution in [0.5, 0.6) is 0 Å². The molecule has 2 heterocycles. The van der Waals surface area contributed by atoms with Gasteiger partial charge in [0.25, 0.3) is 0 Å². The lowest BCUT2D eigenvalue weighted by molar-refractivity contribution is -0.141. The number of hydrogen-bond acceptors (Lipinski definition) is 4. The van der Waals surface area contributed by atoms with Gasteiger partial charge in [-0.3, -0.25) is 9.78 Å². The molecule has 180 valence electrons. The van der Waals surface area contributed by atoms with Gasteiger partial charge in [0.2, 0.25) is 0 Å². The van der Waals surface area contributed by atoms with E-state index in [1.54, 1.807) is 51.1 Å². The van der Waals surface area contributed by atoms with Crippen molar-refractivity contribution in [1.29, 1.82) is 0 Å². The standard InChI is InChI=1S/C27H22F4N2O2/c1-15-4-6-22(23(28)8-15)19-10-20(12-21(11-19)26-17(3)33-14-35-26)24(34)9-16(2)18-5-7-25(32-13-18)27(29,30)31/h4-8,10-14,16H,9H2,1-3H3/t16-/m0/s1. The van der Waals surface area contributed by atoms with Crippen LogP contribution in [0.2, 0.25) is 0 Å². The van der Waals surface area contributed by atoms with E-state index in [0.717, 1.165) is 17.8 Å². The number of carbonyl (C=O) groups is 1. The molecule has 35 heavy (non-hydrogen) atoms. The van der Waals surface area contributed by atoms with E-state index in [0.29, 0.717) is 39.3 Å². The number of carbonyl (C=O) groups excluding carboxylic acids is 1. The van der Waals surface area contributed by atoms with Gasteiger partial charge in [0, 0.05) is 29.3 Å². The van der Waals surface area contributed by atoms with Gasteiger partial charge < -0.3 is 4.42 Å². The average Bonchev–Trinajstić information content (AvgIpc) is 3.24. The SMILES string of the molecule is Cc1ccc(-c2cc(C(=O)C[C@H](C)c3ccc(C(F)(F)F)nc3)cc(-c3ocnc3C)c2)c(F)c1. The highest BCUT2D eigenvalue weighted by molar-refractivity contribution is 5.99. The number of rotatable bonds is 6. The molecule has 2 aromatic heterocycles. The van der Waals surface area contributed by atoms with E-state index in [9.17, 15) is 22.4 Å². The van der Waals surface area contributed by atoms with Gasteiger partial charge >= 0.3 is 6.18 Å². The molecule has 2 aromatic carbocycles. The second kappa shape index (κ2) is 9.44. The smallest absolute Gasteiger partial charge is 0.433 e. The zero-order valence-electron chi connectivity index (χ0n) is 19.3. The van der Waals surface area contributed by atoms with Crippen LogP contribution >= 0.6 is 0 Å². The van der Waals surface area contributed by atoms with E-state index in [1.807, 2.05) is 0 Å². The van der Waals surface area contributed by atoms with Gasteiger partial charge in [-0.05, 0) is 66.8 Å². The van der Waals surface area contributed by atoms with Crippen LogP contribution in [0.3, 0.4) is 0 Å². The molecule has 4 aromatic rings. The molecule has 0 saturated carbocycles. The molecule has 0 unspecified atom stereocenters. The molecule has 0 radical (unpaired) electrons. The molecule has 0 bridgehead atoms. The largest absolute Gasteiger partial charge is 0.443 e. The lowest BCUT2D eigenvalue weighted by Crippen LogP contribution is -2.10.